The molecular formula is C41H41FN6O5. The zero-order chi connectivity index (χ0) is 37.0. The van der Waals surface area contributed by atoms with Crippen LogP contribution in [-0.2, 0) is 16.1 Å². The lowest BCUT2D eigenvalue weighted by molar-refractivity contribution is 0.0312. The molecule has 1 atom stereocenters. The Bertz CT molecular complexity index is 2320. The van der Waals surface area contributed by atoms with Gasteiger partial charge in [-0.15, -0.1) is 6.42 Å². The second kappa shape index (κ2) is 13.4. The zero-order valence-corrected chi connectivity index (χ0v) is 30.5. The Morgan fingerprint density at radius 2 is 1.87 bits per heavy atom. The van der Waals surface area contributed by atoms with E-state index in [-0.39, 0.29) is 43.1 Å². The van der Waals surface area contributed by atoms with Gasteiger partial charge in [-0.25, -0.2) is 9.18 Å². The van der Waals surface area contributed by atoms with E-state index in [2.05, 4.69) is 33.2 Å². The maximum atomic E-state index is 15.7. The number of nitrogens with zero attached hydrogens (tertiary/aromatic N) is 5. The molecule has 0 unspecified atom stereocenters. The van der Waals surface area contributed by atoms with Crippen molar-refractivity contribution < 1.29 is 28.1 Å². The number of aromatic nitrogens is 4. The van der Waals surface area contributed by atoms with Crippen LogP contribution in [0.4, 0.5) is 15.0 Å². The molecular weight excluding hydrogens is 675 g/mol. The van der Waals surface area contributed by atoms with Gasteiger partial charge in [0, 0.05) is 40.3 Å². The van der Waals surface area contributed by atoms with Gasteiger partial charge in [-0.05, 0) is 93.5 Å². The van der Waals surface area contributed by atoms with Crippen molar-refractivity contribution in [2.45, 2.75) is 64.7 Å². The van der Waals surface area contributed by atoms with Gasteiger partial charge in [0.15, 0.2) is 5.75 Å². The summed E-state index contributed by atoms with van der Waals surface area (Å²) < 4.78 is 39.7. The van der Waals surface area contributed by atoms with Crippen molar-refractivity contribution in [2.75, 3.05) is 38.3 Å². The van der Waals surface area contributed by atoms with Gasteiger partial charge in [-0.2, -0.15) is 15.1 Å². The highest BCUT2D eigenvalue weighted by molar-refractivity contribution is 6.06. The normalized spacial score (nSPS) is 16.7. The molecule has 2 aromatic heterocycles. The van der Waals surface area contributed by atoms with Crippen molar-refractivity contribution in [3.8, 4) is 35.2 Å². The molecule has 1 N–H and O–H groups in total. The number of carbonyl (C=O) groups is 1. The number of hydrogen-bond acceptors (Lipinski definition) is 9. The van der Waals surface area contributed by atoms with Crippen molar-refractivity contribution in [1.82, 2.24) is 25.1 Å². The molecule has 272 valence electrons. The lowest BCUT2D eigenvalue weighted by Crippen LogP contribution is -2.48. The van der Waals surface area contributed by atoms with Crippen LogP contribution in [0.5, 0.6) is 11.8 Å². The number of rotatable bonds is 10. The summed E-state index contributed by atoms with van der Waals surface area (Å²) in [4.78, 5) is 27.0. The summed E-state index contributed by atoms with van der Waals surface area (Å²) in [6.45, 7) is 8.98. The van der Waals surface area contributed by atoms with E-state index in [1.54, 1.807) is 25.1 Å². The van der Waals surface area contributed by atoms with Crippen LogP contribution in [0, 0.1) is 25.1 Å². The Balaban J connectivity index is 1.32. The number of nitrogens with one attached hydrogen (secondary N) is 1. The smallest absolute Gasteiger partial charge is 0.414 e. The minimum Gasteiger partial charge on any atom is -0.486 e. The van der Waals surface area contributed by atoms with Gasteiger partial charge >= 0.3 is 12.1 Å². The highest BCUT2D eigenvalue weighted by atomic mass is 19.1. The van der Waals surface area contributed by atoms with Gasteiger partial charge in [0.2, 0.25) is 0 Å². The largest absolute Gasteiger partial charge is 0.486 e. The molecule has 3 aliphatic rings. The second-order valence-corrected chi connectivity index (χ2v) is 14.8. The molecule has 0 radical (unpaired) electrons. The number of anilines is 1. The first kappa shape index (κ1) is 34.4. The van der Waals surface area contributed by atoms with Crippen LogP contribution in [0.25, 0.3) is 32.9 Å². The maximum absolute atomic E-state index is 15.7. The number of benzene rings is 3. The third-order valence-electron chi connectivity index (χ3n) is 9.89. The van der Waals surface area contributed by atoms with Gasteiger partial charge in [-0.3, -0.25) is 10.00 Å². The van der Waals surface area contributed by atoms with Crippen LogP contribution in [0.15, 0.2) is 54.4 Å². The molecule has 2 aliphatic heterocycles. The summed E-state index contributed by atoms with van der Waals surface area (Å²) in [6, 6.07) is 11.3. The highest BCUT2D eigenvalue weighted by Crippen LogP contribution is 2.53. The van der Waals surface area contributed by atoms with Gasteiger partial charge in [0.25, 0.3) is 0 Å². The molecule has 5 aromatic rings. The SMILES string of the molecule is C#Cc1ccc(COc2c(-c3c(C)c(F)cc4[nH]ncc34)c(C3CC3)cc3c(N4CC5=C[C@H]4CN5C(=O)OC(C)(C)C)nc(OCCOC)nc23)cc1. The molecule has 53 heavy (non-hydrogen) atoms. The number of terminal acetylenes is 1. The summed E-state index contributed by atoms with van der Waals surface area (Å²) in [5.74, 6) is 3.69. The third kappa shape index (κ3) is 6.50. The lowest BCUT2D eigenvalue weighted by Gasteiger charge is -2.36. The van der Waals surface area contributed by atoms with Crippen molar-refractivity contribution in [2.24, 2.45) is 0 Å². The second-order valence-electron chi connectivity index (χ2n) is 14.8. The number of fused-ring (bicyclic) bond motifs is 3. The number of ether oxygens (including phenoxy) is 4. The fourth-order valence-corrected chi connectivity index (χ4v) is 7.20. The van der Waals surface area contributed by atoms with Crippen LogP contribution in [-0.4, -0.2) is 76.2 Å². The van der Waals surface area contributed by atoms with E-state index in [9.17, 15) is 4.79 Å². The van der Waals surface area contributed by atoms with Gasteiger partial charge in [0.1, 0.15) is 36.0 Å². The number of methoxy groups -OCH3 is 1. The Hall–Kier alpha value is -5.67. The van der Waals surface area contributed by atoms with Crippen molar-refractivity contribution in [3.63, 3.8) is 0 Å². The van der Waals surface area contributed by atoms with E-state index in [0.29, 0.717) is 53.4 Å². The molecule has 12 heteroatoms. The molecule has 0 saturated heterocycles. The molecule has 3 aromatic carbocycles. The molecule has 2 bridgehead atoms. The number of piperazine rings is 1. The fourth-order valence-electron chi connectivity index (χ4n) is 7.20. The number of aromatic amines is 1. The highest BCUT2D eigenvalue weighted by Gasteiger charge is 2.42. The van der Waals surface area contributed by atoms with E-state index in [4.69, 9.17) is 35.3 Å². The molecule has 11 nitrogen and oxygen atoms in total. The summed E-state index contributed by atoms with van der Waals surface area (Å²) >= 11 is 0. The Kier molecular flexibility index (Phi) is 8.69. The zero-order valence-electron chi connectivity index (χ0n) is 30.5. The van der Waals surface area contributed by atoms with Gasteiger partial charge < -0.3 is 23.8 Å². The van der Waals surface area contributed by atoms with Crippen LogP contribution < -0.4 is 14.4 Å². The first-order chi connectivity index (χ1) is 25.5. The lowest BCUT2D eigenvalue weighted by atomic mass is 9.88. The molecule has 1 amide bonds. The minimum atomic E-state index is -0.616. The maximum Gasteiger partial charge on any atom is 0.414 e. The summed E-state index contributed by atoms with van der Waals surface area (Å²) in [5, 5.41) is 8.80. The number of amides is 1. The van der Waals surface area contributed by atoms with Crippen LogP contribution in [0.2, 0.25) is 0 Å². The van der Waals surface area contributed by atoms with Crippen LogP contribution in [0.3, 0.4) is 0 Å². The van der Waals surface area contributed by atoms with E-state index in [1.165, 1.54) is 6.07 Å². The van der Waals surface area contributed by atoms with Gasteiger partial charge in [0.05, 0.1) is 37.5 Å². The first-order valence-electron chi connectivity index (χ1n) is 17.8. The molecule has 1 aliphatic carbocycles. The van der Waals surface area contributed by atoms with Crippen LogP contribution >= 0.6 is 0 Å². The summed E-state index contributed by atoms with van der Waals surface area (Å²) in [5.41, 5.74) is 6.01. The topological polar surface area (TPSA) is 115 Å². The standard InChI is InChI=1S/C41H41FN6O5/c1-7-24-8-10-25(11-9-24)22-52-37-35(34-23(2)32(42)18-33-31(34)19-43-46-33)29(26-12-13-26)17-30-36(37)44-39(51-15-14-50-6)45-38(30)47-20-28-16-27(47)21-48(28)40(49)53-41(3,4)5/h1,8-11,16-19,26-27H,12-15,20-22H2,2-6H3,(H,43,46)/t27-/m0/s1. The average molecular weight is 717 g/mol. The molecule has 4 heterocycles. The van der Waals surface area contributed by atoms with Crippen LogP contribution in [0.1, 0.15) is 61.8 Å². The van der Waals surface area contributed by atoms with E-state index in [1.807, 2.05) is 45.0 Å². The average Bonchev–Trinajstić information content (AvgIpc) is 3.52. The predicted molar refractivity (Wildman–Crippen MR) is 200 cm³/mol. The van der Waals surface area contributed by atoms with Crippen molar-refractivity contribution in [1.29, 1.82) is 0 Å². The minimum absolute atomic E-state index is 0.151. The third-order valence-corrected chi connectivity index (χ3v) is 9.89. The summed E-state index contributed by atoms with van der Waals surface area (Å²) in [6.07, 6.45) is 11.0. The predicted octanol–water partition coefficient (Wildman–Crippen LogP) is 7.41. The van der Waals surface area contributed by atoms with Gasteiger partial charge in [-0.1, -0.05) is 18.1 Å². The quantitative estimate of drug-likeness (QED) is 0.117. The number of carbonyl (C=O) groups excluding carboxylic acids is 1. The number of H-pyrrole nitrogens is 1. The number of halogens is 1. The monoisotopic (exact) mass is 716 g/mol. The summed E-state index contributed by atoms with van der Waals surface area (Å²) in [7, 11) is 1.60. The Morgan fingerprint density at radius 1 is 1.08 bits per heavy atom. The van der Waals surface area contributed by atoms with E-state index in [0.717, 1.165) is 51.6 Å². The van der Waals surface area contributed by atoms with Crippen molar-refractivity contribution in [3.05, 3.63) is 82.4 Å². The molecule has 1 fully saturated rings. The fraction of sp³-hybridized carbons (Fsp3) is 0.366. The molecule has 8 rings (SSSR count). The first-order valence-corrected chi connectivity index (χ1v) is 17.8. The van der Waals surface area contributed by atoms with E-state index >= 15 is 4.39 Å². The molecule has 1 saturated carbocycles. The Labute approximate surface area is 307 Å². The van der Waals surface area contributed by atoms with Crippen molar-refractivity contribution >= 4 is 33.7 Å². The Morgan fingerprint density at radius 3 is 2.55 bits per heavy atom. The molecule has 0 spiro atoms. The number of hydrogen-bond donors (Lipinski definition) is 1. The van der Waals surface area contributed by atoms with E-state index < -0.39 is 5.60 Å².